The largest absolute Gasteiger partial charge is 0.454 e. The molecule has 68 valence electrons. The number of nitro benzene ring substituents is 1. The van der Waals surface area contributed by atoms with E-state index >= 15 is 0 Å². The summed E-state index contributed by atoms with van der Waals surface area (Å²) in [5, 5.41) is 10.5. The van der Waals surface area contributed by atoms with Crippen LogP contribution in [0.4, 0.5) is 5.69 Å². The van der Waals surface area contributed by atoms with E-state index < -0.39 is 4.92 Å². The smallest absolute Gasteiger partial charge is 0.291 e. The van der Waals surface area contributed by atoms with Crippen LogP contribution in [0.15, 0.2) is 12.1 Å². The van der Waals surface area contributed by atoms with Gasteiger partial charge in [0.05, 0.1) is 11.0 Å². The molecule has 13 heavy (non-hydrogen) atoms. The molecule has 0 amide bonds. The number of benzene rings is 1. The summed E-state index contributed by atoms with van der Waals surface area (Å²) in [5.41, 5.74) is -0.175. The van der Waals surface area contributed by atoms with Gasteiger partial charge >= 0.3 is 0 Å². The first-order valence-corrected chi connectivity index (χ1v) is 3.80. The standard InChI is InChI=1S/C7H4ClNO4/c8-4-1-6-7(13-3-12-6)2-5(4)9(10)11/h1-2H,3H2. The third kappa shape index (κ3) is 1.27. The molecule has 0 spiro atoms. The second-order valence-corrected chi connectivity index (χ2v) is 2.82. The van der Waals surface area contributed by atoms with Crippen LogP contribution in [0, 0.1) is 10.1 Å². The Bertz CT molecular complexity index is 379. The van der Waals surface area contributed by atoms with Crippen molar-refractivity contribution in [3.63, 3.8) is 0 Å². The minimum atomic E-state index is -0.565. The highest BCUT2D eigenvalue weighted by molar-refractivity contribution is 6.32. The summed E-state index contributed by atoms with van der Waals surface area (Å²) in [4.78, 5) is 9.88. The normalized spacial score (nSPS) is 13.0. The summed E-state index contributed by atoms with van der Waals surface area (Å²) in [7, 11) is 0. The topological polar surface area (TPSA) is 61.6 Å². The Morgan fingerprint density at radius 3 is 2.62 bits per heavy atom. The van der Waals surface area contributed by atoms with Crippen LogP contribution in [0.25, 0.3) is 0 Å². The molecule has 0 atom stereocenters. The lowest BCUT2D eigenvalue weighted by atomic mass is 10.3. The molecule has 0 radical (unpaired) electrons. The van der Waals surface area contributed by atoms with Crippen LogP contribution in [0.3, 0.4) is 0 Å². The zero-order valence-electron chi connectivity index (χ0n) is 6.32. The predicted octanol–water partition coefficient (Wildman–Crippen LogP) is 1.98. The first kappa shape index (κ1) is 8.12. The highest BCUT2D eigenvalue weighted by Gasteiger charge is 2.21. The van der Waals surface area contributed by atoms with E-state index in [0.717, 1.165) is 0 Å². The maximum absolute atomic E-state index is 10.4. The zero-order valence-corrected chi connectivity index (χ0v) is 7.08. The van der Waals surface area contributed by atoms with Crippen LogP contribution in [-0.4, -0.2) is 11.7 Å². The van der Waals surface area contributed by atoms with Gasteiger partial charge in [-0.2, -0.15) is 0 Å². The lowest BCUT2D eigenvalue weighted by Gasteiger charge is -1.97. The Morgan fingerprint density at radius 1 is 1.38 bits per heavy atom. The Kier molecular flexibility index (Phi) is 1.73. The molecular formula is C7H4ClNO4. The van der Waals surface area contributed by atoms with Crippen LogP contribution >= 0.6 is 11.6 Å². The second kappa shape index (κ2) is 2.77. The summed E-state index contributed by atoms with van der Waals surface area (Å²) >= 11 is 5.63. The summed E-state index contributed by atoms with van der Waals surface area (Å²) in [6.07, 6.45) is 0. The van der Waals surface area contributed by atoms with E-state index in [4.69, 9.17) is 21.1 Å². The van der Waals surface area contributed by atoms with Crippen molar-refractivity contribution in [1.82, 2.24) is 0 Å². The summed E-state index contributed by atoms with van der Waals surface area (Å²) in [5.74, 6) is 0.798. The third-order valence-corrected chi connectivity index (χ3v) is 1.94. The first-order chi connectivity index (χ1) is 6.18. The molecule has 5 nitrogen and oxygen atoms in total. The van der Waals surface area contributed by atoms with E-state index in [0.29, 0.717) is 11.5 Å². The Labute approximate surface area is 78.0 Å². The fraction of sp³-hybridized carbons (Fsp3) is 0.143. The number of hydrogen-bond donors (Lipinski definition) is 0. The van der Waals surface area contributed by atoms with Crippen LogP contribution < -0.4 is 9.47 Å². The number of ether oxygens (including phenoxy) is 2. The molecule has 0 unspecified atom stereocenters. The van der Waals surface area contributed by atoms with Gasteiger partial charge in [-0.05, 0) is 0 Å². The molecule has 1 aliphatic rings. The minimum absolute atomic E-state index is 0.0502. The highest BCUT2D eigenvalue weighted by Crippen LogP contribution is 2.39. The van der Waals surface area contributed by atoms with Crippen molar-refractivity contribution in [2.45, 2.75) is 0 Å². The van der Waals surface area contributed by atoms with Crippen molar-refractivity contribution in [3.8, 4) is 11.5 Å². The van der Waals surface area contributed by atoms with Crippen molar-refractivity contribution in [3.05, 3.63) is 27.3 Å². The first-order valence-electron chi connectivity index (χ1n) is 3.42. The van der Waals surface area contributed by atoms with Gasteiger partial charge in [0.2, 0.25) is 6.79 Å². The quantitative estimate of drug-likeness (QED) is 0.515. The molecule has 1 aliphatic heterocycles. The molecular weight excluding hydrogens is 198 g/mol. The number of nitrogens with zero attached hydrogens (tertiary/aromatic N) is 1. The Hall–Kier alpha value is -1.49. The van der Waals surface area contributed by atoms with Gasteiger partial charge in [-0.3, -0.25) is 10.1 Å². The third-order valence-electron chi connectivity index (χ3n) is 1.64. The number of halogens is 1. The highest BCUT2D eigenvalue weighted by atomic mass is 35.5. The summed E-state index contributed by atoms with van der Waals surface area (Å²) in [6.45, 7) is 0.0762. The molecule has 0 fully saturated rings. The van der Waals surface area contributed by atoms with Gasteiger partial charge in [-0.25, -0.2) is 0 Å². The Balaban J connectivity index is 2.55. The Morgan fingerprint density at radius 2 is 2.00 bits per heavy atom. The molecule has 1 heterocycles. The van der Waals surface area contributed by atoms with Gasteiger partial charge in [-0.15, -0.1) is 0 Å². The molecule has 2 rings (SSSR count). The molecule has 6 heteroatoms. The van der Waals surface area contributed by atoms with Crippen molar-refractivity contribution < 1.29 is 14.4 Å². The van der Waals surface area contributed by atoms with Gasteiger partial charge in [-0.1, -0.05) is 11.6 Å². The number of fused-ring (bicyclic) bond motifs is 1. The molecule has 0 saturated carbocycles. The molecule has 0 saturated heterocycles. The maximum atomic E-state index is 10.4. The number of nitro groups is 1. The van der Waals surface area contributed by atoms with Crippen LogP contribution in [0.1, 0.15) is 0 Å². The van der Waals surface area contributed by atoms with Crippen molar-refractivity contribution in [2.75, 3.05) is 6.79 Å². The van der Waals surface area contributed by atoms with E-state index in [2.05, 4.69) is 0 Å². The molecule has 0 bridgehead atoms. The van der Waals surface area contributed by atoms with E-state index in [1.54, 1.807) is 0 Å². The van der Waals surface area contributed by atoms with E-state index in [1.807, 2.05) is 0 Å². The molecule has 1 aromatic rings. The van der Waals surface area contributed by atoms with Gasteiger partial charge < -0.3 is 9.47 Å². The lowest BCUT2D eigenvalue weighted by Crippen LogP contribution is -1.93. The molecule has 1 aromatic carbocycles. The van der Waals surface area contributed by atoms with E-state index in [-0.39, 0.29) is 17.5 Å². The fourth-order valence-corrected chi connectivity index (χ4v) is 1.27. The van der Waals surface area contributed by atoms with Crippen LogP contribution in [-0.2, 0) is 0 Å². The van der Waals surface area contributed by atoms with Crippen LogP contribution in [0.5, 0.6) is 11.5 Å². The maximum Gasteiger partial charge on any atom is 0.291 e. The lowest BCUT2D eigenvalue weighted by molar-refractivity contribution is -0.384. The number of rotatable bonds is 1. The average Bonchev–Trinajstić information content (AvgIpc) is 2.48. The van der Waals surface area contributed by atoms with E-state index in [1.165, 1.54) is 12.1 Å². The summed E-state index contributed by atoms with van der Waals surface area (Å²) < 4.78 is 9.94. The molecule has 0 aromatic heterocycles. The van der Waals surface area contributed by atoms with E-state index in [9.17, 15) is 10.1 Å². The second-order valence-electron chi connectivity index (χ2n) is 2.41. The van der Waals surface area contributed by atoms with Crippen molar-refractivity contribution >= 4 is 17.3 Å². The minimum Gasteiger partial charge on any atom is -0.454 e. The van der Waals surface area contributed by atoms with Gasteiger partial charge in [0.15, 0.2) is 11.5 Å². The monoisotopic (exact) mass is 201 g/mol. The van der Waals surface area contributed by atoms with Gasteiger partial charge in [0, 0.05) is 6.07 Å². The predicted molar refractivity (Wildman–Crippen MR) is 44.2 cm³/mol. The molecule has 0 aliphatic carbocycles. The van der Waals surface area contributed by atoms with Gasteiger partial charge in [0.25, 0.3) is 5.69 Å². The fourth-order valence-electron chi connectivity index (χ4n) is 1.05. The van der Waals surface area contributed by atoms with Gasteiger partial charge in [0.1, 0.15) is 5.02 Å². The number of hydrogen-bond acceptors (Lipinski definition) is 4. The van der Waals surface area contributed by atoms with Crippen molar-refractivity contribution in [2.24, 2.45) is 0 Å². The van der Waals surface area contributed by atoms with Crippen LogP contribution in [0.2, 0.25) is 5.02 Å². The summed E-state index contributed by atoms with van der Waals surface area (Å²) in [6, 6.07) is 2.63. The average molecular weight is 202 g/mol. The van der Waals surface area contributed by atoms with Crippen molar-refractivity contribution in [1.29, 1.82) is 0 Å². The SMILES string of the molecule is O=[N+]([O-])c1cc2c(cc1Cl)OCO2. The molecule has 0 N–H and O–H groups in total. The zero-order chi connectivity index (χ0) is 9.42.